The van der Waals surface area contributed by atoms with Gasteiger partial charge in [-0.05, 0) is 50.4 Å². The first-order valence-electron chi connectivity index (χ1n) is 7.19. The van der Waals surface area contributed by atoms with Gasteiger partial charge in [-0.2, -0.15) is 0 Å². The van der Waals surface area contributed by atoms with Gasteiger partial charge in [-0.3, -0.25) is 0 Å². The molecule has 1 aromatic rings. The summed E-state index contributed by atoms with van der Waals surface area (Å²) in [5.74, 6) is 0.712. The zero-order valence-electron chi connectivity index (χ0n) is 12.4. The van der Waals surface area contributed by atoms with E-state index >= 15 is 0 Å². The third-order valence-electron chi connectivity index (χ3n) is 3.79. The standard InChI is InChI=1S/C15H24N2O2S/c1-11(9-13-7-8-13)17-20(18,19)15-6-4-5-14(10-16-3)12(15)2/h4-6,11,13,16-17H,7-10H2,1-3H3. The summed E-state index contributed by atoms with van der Waals surface area (Å²) in [5.41, 5.74) is 1.85. The highest BCUT2D eigenvalue weighted by Crippen LogP contribution is 2.33. The van der Waals surface area contributed by atoms with Gasteiger partial charge in [0.15, 0.2) is 0 Å². The van der Waals surface area contributed by atoms with Crippen molar-refractivity contribution in [3.8, 4) is 0 Å². The van der Waals surface area contributed by atoms with E-state index in [9.17, 15) is 8.42 Å². The van der Waals surface area contributed by atoms with Crippen LogP contribution in [0.25, 0.3) is 0 Å². The van der Waals surface area contributed by atoms with Crippen LogP contribution in [0.2, 0.25) is 0 Å². The summed E-state index contributed by atoms with van der Waals surface area (Å²) in [7, 11) is -1.57. The molecular weight excluding hydrogens is 272 g/mol. The number of hydrogen-bond acceptors (Lipinski definition) is 3. The molecule has 20 heavy (non-hydrogen) atoms. The van der Waals surface area contributed by atoms with Crippen LogP contribution < -0.4 is 10.0 Å². The molecule has 2 N–H and O–H groups in total. The van der Waals surface area contributed by atoms with Crippen LogP contribution in [0.1, 0.15) is 37.3 Å². The molecule has 1 saturated carbocycles. The van der Waals surface area contributed by atoms with Gasteiger partial charge in [-0.25, -0.2) is 13.1 Å². The number of hydrogen-bond donors (Lipinski definition) is 2. The molecule has 0 aromatic heterocycles. The van der Waals surface area contributed by atoms with Crippen molar-refractivity contribution in [2.45, 2.75) is 50.6 Å². The Morgan fingerprint density at radius 1 is 1.35 bits per heavy atom. The summed E-state index contributed by atoms with van der Waals surface area (Å²) in [6.07, 6.45) is 3.42. The van der Waals surface area contributed by atoms with Crippen LogP contribution in [0.4, 0.5) is 0 Å². The predicted molar refractivity (Wildman–Crippen MR) is 81.1 cm³/mol. The highest BCUT2D eigenvalue weighted by Gasteiger charge is 2.27. The van der Waals surface area contributed by atoms with Gasteiger partial charge in [0.2, 0.25) is 10.0 Å². The molecule has 0 aliphatic heterocycles. The fraction of sp³-hybridized carbons (Fsp3) is 0.600. The fourth-order valence-corrected chi connectivity index (χ4v) is 4.11. The van der Waals surface area contributed by atoms with Crippen LogP contribution in [0, 0.1) is 12.8 Å². The van der Waals surface area contributed by atoms with Gasteiger partial charge >= 0.3 is 0 Å². The van der Waals surface area contributed by atoms with E-state index in [0.29, 0.717) is 17.4 Å². The van der Waals surface area contributed by atoms with E-state index in [-0.39, 0.29) is 6.04 Å². The van der Waals surface area contributed by atoms with Crippen molar-refractivity contribution in [1.82, 2.24) is 10.0 Å². The average molecular weight is 296 g/mol. The quantitative estimate of drug-likeness (QED) is 0.811. The lowest BCUT2D eigenvalue weighted by Crippen LogP contribution is -2.33. The van der Waals surface area contributed by atoms with Crippen molar-refractivity contribution < 1.29 is 8.42 Å². The third kappa shape index (κ3) is 3.81. The van der Waals surface area contributed by atoms with Gasteiger partial charge in [0.25, 0.3) is 0 Å². The number of sulfonamides is 1. The summed E-state index contributed by atoms with van der Waals surface area (Å²) >= 11 is 0. The molecule has 0 saturated heterocycles. The van der Waals surface area contributed by atoms with E-state index in [1.54, 1.807) is 12.1 Å². The minimum Gasteiger partial charge on any atom is -0.316 e. The second kappa shape index (κ2) is 6.24. The van der Waals surface area contributed by atoms with Crippen LogP contribution in [0.3, 0.4) is 0 Å². The van der Waals surface area contributed by atoms with Gasteiger partial charge in [-0.15, -0.1) is 0 Å². The Morgan fingerprint density at radius 2 is 2.05 bits per heavy atom. The summed E-state index contributed by atoms with van der Waals surface area (Å²) in [6.45, 7) is 4.49. The Labute approximate surface area is 122 Å². The molecular formula is C15H24N2O2S. The Kier molecular flexibility index (Phi) is 4.83. The first-order valence-corrected chi connectivity index (χ1v) is 8.67. The largest absolute Gasteiger partial charge is 0.316 e. The first kappa shape index (κ1) is 15.5. The van der Waals surface area contributed by atoms with Crippen LogP contribution in [-0.4, -0.2) is 21.5 Å². The monoisotopic (exact) mass is 296 g/mol. The van der Waals surface area contributed by atoms with E-state index in [4.69, 9.17) is 0 Å². The molecule has 1 unspecified atom stereocenters. The Bertz CT molecular complexity index is 565. The average Bonchev–Trinajstić information content (AvgIpc) is 3.14. The lowest BCUT2D eigenvalue weighted by Gasteiger charge is -2.16. The normalized spacial score (nSPS) is 17.1. The molecule has 1 aliphatic carbocycles. The molecule has 0 heterocycles. The topological polar surface area (TPSA) is 58.2 Å². The maximum Gasteiger partial charge on any atom is 0.241 e. The molecule has 0 spiro atoms. The second-order valence-electron chi connectivity index (χ2n) is 5.77. The third-order valence-corrected chi connectivity index (χ3v) is 5.53. The molecule has 5 heteroatoms. The van der Waals surface area contributed by atoms with E-state index in [2.05, 4.69) is 10.0 Å². The van der Waals surface area contributed by atoms with Crippen LogP contribution in [-0.2, 0) is 16.6 Å². The number of rotatable bonds is 7. The van der Waals surface area contributed by atoms with Gasteiger partial charge in [0.05, 0.1) is 4.90 Å². The van der Waals surface area contributed by atoms with Gasteiger partial charge < -0.3 is 5.32 Å². The highest BCUT2D eigenvalue weighted by molar-refractivity contribution is 7.89. The van der Waals surface area contributed by atoms with E-state index in [1.807, 2.05) is 27.0 Å². The predicted octanol–water partition coefficient (Wildman–Crippen LogP) is 2.18. The highest BCUT2D eigenvalue weighted by atomic mass is 32.2. The molecule has 1 aliphatic rings. The number of nitrogens with one attached hydrogen (secondary N) is 2. The molecule has 0 radical (unpaired) electrons. The minimum atomic E-state index is -3.43. The summed E-state index contributed by atoms with van der Waals surface area (Å²) in [4.78, 5) is 0.396. The van der Waals surface area contributed by atoms with Crippen molar-refractivity contribution in [2.75, 3.05) is 7.05 Å². The maximum absolute atomic E-state index is 12.5. The Hall–Kier alpha value is -0.910. The summed E-state index contributed by atoms with van der Waals surface area (Å²) in [6, 6.07) is 5.44. The van der Waals surface area contributed by atoms with Crippen LogP contribution in [0.5, 0.6) is 0 Å². The van der Waals surface area contributed by atoms with Crippen LogP contribution >= 0.6 is 0 Å². The maximum atomic E-state index is 12.5. The Balaban J connectivity index is 2.17. The van der Waals surface area contributed by atoms with Crippen molar-refractivity contribution in [1.29, 1.82) is 0 Å². The van der Waals surface area contributed by atoms with Gasteiger partial charge in [0.1, 0.15) is 0 Å². The molecule has 112 valence electrons. The van der Waals surface area contributed by atoms with Crippen molar-refractivity contribution >= 4 is 10.0 Å². The zero-order valence-corrected chi connectivity index (χ0v) is 13.3. The smallest absolute Gasteiger partial charge is 0.241 e. The van der Waals surface area contributed by atoms with E-state index in [1.165, 1.54) is 12.8 Å². The lowest BCUT2D eigenvalue weighted by molar-refractivity contribution is 0.529. The zero-order chi connectivity index (χ0) is 14.8. The Morgan fingerprint density at radius 3 is 2.65 bits per heavy atom. The minimum absolute atomic E-state index is 0.000133. The van der Waals surface area contributed by atoms with Gasteiger partial charge in [-0.1, -0.05) is 25.0 Å². The molecule has 0 bridgehead atoms. The number of benzene rings is 1. The van der Waals surface area contributed by atoms with Crippen molar-refractivity contribution in [3.63, 3.8) is 0 Å². The molecule has 0 amide bonds. The first-order chi connectivity index (χ1) is 9.44. The van der Waals surface area contributed by atoms with Gasteiger partial charge in [0, 0.05) is 12.6 Å². The molecule has 1 atom stereocenters. The van der Waals surface area contributed by atoms with E-state index in [0.717, 1.165) is 17.5 Å². The van der Waals surface area contributed by atoms with Crippen molar-refractivity contribution in [3.05, 3.63) is 29.3 Å². The molecule has 4 nitrogen and oxygen atoms in total. The lowest BCUT2D eigenvalue weighted by atomic mass is 10.1. The second-order valence-corrected chi connectivity index (χ2v) is 7.45. The fourth-order valence-electron chi connectivity index (χ4n) is 2.56. The molecule has 1 aromatic carbocycles. The SMILES string of the molecule is CNCc1cccc(S(=O)(=O)NC(C)CC2CC2)c1C. The van der Waals surface area contributed by atoms with Crippen molar-refractivity contribution in [2.24, 2.45) is 5.92 Å². The summed E-state index contributed by atoms with van der Waals surface area (Å²) < 4.78 is 27.8. The van der Waals surface area contributed by atoms with Crippen LogP contribution in [0.15, 0.2) is 23.1 Å². The van der Waals surface area contributed by atoms with E-state index < -0.39 is 10.0 Å². The molecule has 1 fully saturated rings. The molecule has 2 rings (SSSR count). The summed E-state index contributed by atoms with van der Waals surface area (Å²) in [5, 5.41) is 3.06.